The van der Waals surface area contributed by atoms with E-state index in [0.717, 1.165) is 5.02 Å². The topological polar surface area (TPSA) is 4.44 Å². The summed E-state index contributed by atoms with van der Waals surface area (Å²) in [6.45, 7) is 11.8. The second kappa shape index (κ2) is 25.7. The molecular formula is C35H64Cl3N. The van der Waals surface area contributed by atoms with E-state index in [2.05, 4.69) is 39.8 Å². The summed E-state index contributed by atoms with van der Waals surface area (Å²) in [5.41, 5.74) is 1.17. The zero-order chi connectivity index (χ0) is 27.9. The summed E-state index contributed by atoms with van der Waals surface area (Å²) in [5.74, 6) is 0. The number of nitrogens with one attached hydrogen (secondary N) is 1. The van der Waals surface area contributed by atoms with Gasteiger partial charge in [0.25, 0.3) is 0 Å². The van der Waals surface area contributed by atoms with Gasteiger partial charge in [-0.2, -0.15) is 0 Å². The average Bonchev–Trinajstić information content (AvgIpc) is 2.90. The molecule has 1 N–H and O–H groups in total. The molecule has 0 saturated heterocycles. The first-order valence-electron chi connectivity index (χ1n) is 16.7. The Morgan fingerprint density at radius 1 is 0.538 bits per heavy atom. The van der Waals surface area contributed by atoms with Crippen molar-refractivity contribution >= 4 is 23.2 Å². The average molecular weight is 605 g/mol. The predicted molar refractivity (Wildman–Crippen MR) is 173 cm³/mol. The van der Waals surface area contributed by atoms with Crippen molar-refractivity contribution in [3.05, 3.63) is 33.8 Å². The Balaban J connectivity index is 0.0000144. The minimum Gasteiger partial charge on any atom is -1.00 e. The van der Waals surface area contributed by atoms with Gasteiger partial charge in [0, 0.05) is 5.56 Å². The summed E-state index contributed by atoms with van der Waals surface area (Å²) in [4.78, 5) is 1.67. The Labute approximate surface area is 261 Å². The highest BCUT2D eigenvalue weighted by atomic mass is 35.5. The first-order chi connectivity index (χ1) is 18.4. The van der Waals surface area contributed by atoms with Crippen molar-refractivity contribution in [1.29, 1.82) is 0 Å². The van der Waals surface area contributed by atoms with Gasteiger partial charge in [-0.25, -0.2) is 0 Å². The zero-order valence-corrected chi connectivity index (χ0v) is 28.6. The standard InChI is InChI=1S/C35H63Cl2N.ClH/c1-5-7-9-11-13-15-17-18-20-22-24-26-31-38(30-25-23-21-19-16-14-12-10-8-6-2)35(3,4)32-28-27-29-33(36)34(32)37;/h27-29H,5-26,30-31H2,1-4H3;1H. The smallest absolute Gasteiger partial charge is 0.119 e. The molecule has 4 heteroatoms. The Morgan fingerprint density at radius 3 is 1.23 bits per heavy atom. The Morgan fingerprint density at radius 2 is 0.872 bits per heavy atom. The summed E-state index contributed by atoms with van der Waals surface area (Å²) in [6, 6.07) is 6.17. The van der Waals surface area contributed by atoms with Gasteiger partial charge in [-0.1, -0.05) is 165 Å². The third-order valence-electron chi connectivity index (χ3n) is 8.67. The van der Waals surface area contributed by atoms with Crippen molar-refractivity contribution < 1.29 is 17.3 Å². The lowest BCUT2D eigenvalue weighted by Crippen LogP contribution is -3.18. The van der Waals surface area contributed by atoms with Crippen LogP contribution in [-0.2, 0) is 5.54 Å². The molecule has 0 saturated carbocycles. The summed E-state index contributed by atoms with van der Waals surface area (Å²) >= 11 is 13.1. The SMILES string of the molecule is CCCCCCCCCCCCCC[NH+](CCCCCCCCCCCC)C(C)(C)c1cccc(Cl)c1Cl.[Cl-]. The fraction of sp³-hybridized carbons (Fsp3) is 0.829. The first kappa shape index (κ1) is 39.0. The first-order valence-corrected chi connectivity index (χ1v) is 17.5. The third-order valence-corrected chi connectivity index (χ3v) is 9.49. The van der Waals surface area contributed by atoms with Gasteiger partial charge in [0.2, 0.25) is 0 Å². The van der Waals surface area contributed by atoms with Crippen molar-refractivity contribution in [2.45, 2.75) is 174 Å². The Bertz CT molecular complexity index is 676. The molecule has 39 heavy (non-hydrogen) atoms. The zero-order valence-electron chi connectivity index (χ0n) is 26.3. The van der Waals surface area contributed by atoms with Gasteiger partial charge in [0.05, 0.1) is 23.1 Å². The van der Waals surface area contributed by atoms with Crippen LogP contribution in [0.2, 0.25) is 10.0 Å². The minimum atomic E-state index is -0.0287. The second-order valence-corrected chi connectivity index (χ2v) is 13.2. The van der Waals surface area contributed by atoms with E-state index >= 15 is 0 Å². The van der Waals surface area contributed by atoms with Gasteiger partial charge >= 0.3 is 0 Å². The molecule has 0 amide bonds. The molecule has 0 spiro atoms. The molecule has 0 aliphatic rings. The van der Waals surface area contributed by atoms with Crippen molar-refractivity contribution in [2.24, 2.45) is 0 Å². The predicted octanol–water partition coefficient (Wildman–Crippen LogP) is 8.74. The lowest BCUT2D eigenvalue weighted by molar-refractivity contribution is -0.957. The maximum Gasteiger partial charge on any atom is 0.119 e. The number of hydrogen-bond acceptors (Lipinski definition) is 0. The highest BCUT2D eigenvalue weighted by Crippen LogP contribution is 2.31. The summed E-state index contributed by atoms with van der Waals surface area (Å²) in [6.07, 6.45) is 30.8. The Kier molecular flexibility index (Phi) is 25.8. The van der Waals surface area contributed by atoms with Crippen molar-refractivity contribution in [1.82, 2.24) is 0 Å². The summed E-state index contributed by atoms with van der Waals surface area (Å²) in [7, 11) is 0. The highest BCUT2D eigenvalue weighted by Gasteiger charge is 2.34. The molecule has 1 unspecified atom stereocenters. The third kappa shape index (κ3) is 18.3. The molecular weight excluding hydrogens is 541 g/mol. The van der Waals surface area contributed by atoms with E-state index in [1.807, 2.05) is 6.07 Å². The van der Waals surface area contributed by atoms with Gasteiger partial charge < -0.3 is 17.3 Å². The number of benzene rings is 1. The quantitative estimate of drug-likeness (QED) is 0.101. The summed E-state index contributed by atoms with van der Waals surface area (Å²) in [5, 5.41) is 1.43. The van der Waals surface area contributed by atoms with E-state index < -0.39 is 0 Å². The molecule has 1 nitrogen and oxygen atoms in total. The lowest BCUT2D eigenvalue weighted by atomic mass is 9.91. The van der Waals surface area contributed by atoms with Crippen LogP contribution in [0.4, 0.5) is 0 Å². The fourth-order valence-corrected chi connectivity index (χ4v) is 6.47. The van der Waals surface area contributed by atoms with Gasteiger partial charge in [0.15, 0.2) is 0 Å². The molecule has 0 fully saturated rings. The van der Waals surface area contributed by atoms with Crippen LogP contribution in [-0.4, -0.2) is 13.1 Å². The van der Waals surface area contributed by atoms with E-state index in [4.69, 9.17) is 23.2 Å². The fourth-order valence-electron chi connectivity index (χ4n) is 5.93. The molecule has 1 rings (SSSR count). The number of rotatable bonds is 26. The number of unbranched alkanes of at least 4 members (excludes halogenated alkanes) is 20. The number of quaternary nitrogens is 1. The van der Waals surface area contributed by atoms with E-state index in [1.54, 1.807) is 4.90 Å². The highest BCUT2D eigenvalue weighted by molar-refractivity contribution is 6.42. The van der Waals surface area contributed by atoms with Crippen LogP contribution in [0, 0.1) is 0 Å². The van der Waals surface area contributed by atoms with Crippen LogP contribution >= 0.6 is 23.2 Å². The van der Waals surface area contributed by atoms with E-state index in [9.17, 15) is 0 Å². The molecule has 0 heterocycles. The van der Waals surface area contributed by atoms with Crippen molar-refractivity contribution in [2.75, 3.05) is 13.1 Å². The van der Waals surface area contributed by atoms with Crippen LogP contribution < -0.4 is 17.3 Å². The molecule has 0 aromatic heterocycles. The minimum absolute atomic E-state index is 0. The van der Waals surface area contributed by atoms with Gasteiger partial charge in [-0.05, 0) is 45.6 Å². The van der Waals surface area contributed by atoms with Crippen LogP contribution in [0.3, 0.4) is 0 Å². The Hall–Kier alpha value is 0.0500. The molecule has 0 aliphatic heterocycles. The van der Waals surface area contributed by atoms with E-state index in [1.165, 1.54) is 160 Å². The van der Waals surface area contributed by atoms with Gasteiger partial charge in [-0.3, -0.25) is 0 Å². The van der Waals surface area contributed by atoms with Crippen LogP contribution in [0.25, 0.3) is 0 Å². The van der Waals surface area contributed by atoms with Crippen LogP contribution in [0.15, 0.2) is 18.2 Å². The molecule has 0 aliphatic carbocycles. The monoisotopic (exact) mass is 603 g/mol. The second-order valence-electron chi connectivity index (χ2n) is 12.4. The normalized spacial score (nSPS) is 12.5. The molecule has 1 aromatic rings. The molecule has 0 radical (unpaired) electrons. The molecule has 230 valence electrons. The molecule has 1 aromatic carbocycles. The molecule has 1 atom stereocenters. The molecule has 0 bridgehead atoms. The van der Waals surface area contributed by atoms with E-state index in [-0.39, 0.29) is 17.9 Å². The number of halogens is 3. The van der Waals surface area contributed by atoms with Crippen LogP contribution in [0.5, 0.6) is 0 Å². The largest absolute Gasteiger partial charge is 1.00 e. The van der Waals surface area contributed by atoms with Crippen LogP contribution in [0.1, 0.15) is 175 Å². The maximum absolute atomic E-state index is 6.72. The lowest BCUT2D eigenvalue weighted by Gasteiger charge is -2.37. The van der Waals surface area contributed by atoms with Crippen molar-refractivity contribution in [3.8, 4) is 0 Å². The van der Waals surface area contributed by atoms with Gasteiger partial charge in [-0.15, -0.1) is 0 Å². The number of hydrogen-bond donors (Lipinski definition) is 1. The maximum atomic E-state index is 6.72. The van der Waals surface area contributed by atoms with Crippen molar-refractivity contribution in [3.63, 3.8) is 0 Å². The van der Waals surface area contributed by atoms with E-state index in [0.29, 0.717) is 5.02 Å². The summed E-state index contributed by atoms with van der Waals surface area (Å²) < 4.78 is 0. The van der Waals surface area contributed by atoms with Gasteiger partial charge in [0.1, 0.15) is 5.54 Å².